The zero-order valence-electron chi connectivity index (χ0n) is 17.8. The van der Waals surface area contributed by atoms with Crippen molar-refractivity contribution in [3.8, 4) is 5.75 Å². The van der Waals surface area contributed by atoms with Crippen LogP contribution in [-0.4, -0.2) is 57.3 Å². The van der Waals surface area contributed by atoms with Gasteiger partial charge in [-0.25, -0.2) is 8.42 Å². The maximum Gasteiger partial charge on any atom is 0.265 e. The van der Waals surface area contributed by atoms with Gasteiger partial charge in [0.15, 0.2) is 6.61 Å². The van der Waals surface area contributed by atoms with Crippen LogP contribution in [0.1, 0.15) is 24.8 Å². The Morgan fingerprint density at radius 2 is 1.81 bits per heavy atom. The van der Waals surface area contributed by atoms with Crippen LogP contribution < -0.4 is 15.0 Å². The molecule has 9 heteroatoms. The van der Waals surface area contributed by atoms with E-state index in [1.165, 1.54) is 26.9 Å². The monoisotopic (exact) mass is 457 g/mol. The molecule has 0 aromatic heterocycles. The van der Waals surface area contributed by atoms with E-state index in [2.05, 4.69) is 5.32 Å². The number of benzene rings is 2. The van der Waals surface area contributed by atoms with Gasteiger partial charge in [-0.1, -0.05) is 30.3 Å². The quantitative estimate of drug-likeness (QED) is 0.612. The van der Waals surface area contributed by atoms with Gasteiger partial charge >= 0.3 is 0 Å². The van der Waals surface area contributed by atoms with Gasteiger partial charge in [0, 0.05) is 19.6 Å². The molecule has 1 N–H and O–H groups in total. The van der Waals surface area contributed by atoms with Gasteiger partial charge < -0.3 is 10.1 Å². The lowest BCUT2D eigenvalue weighted by Crippen LogP contribution is -2.45. The van der Waals surface area contributed by atoms with Gasteiger partial charge in [0.2, 0.25) is 15.9 Å². The van der Waals surface area contributed by atoms with Crippen LogP contribution in [0.3, 0.4) is 0 Å². The van der Waals surface area contributed by atoms with Crippen molar-refractivity contribution in [3.63, 3.8) is 0 Å². The van der Waals surface area contributed by atoms with E-state index < -0.39 is 10.0 Å². The minimum atomic E-state index is -3.65. The molecule has 170 valence electrons. The Morgan fingerprint density at radius 3 is 2.56 bits per heavy atom. The molecule has 8 nitrogen and oxygen atoms in total. The number of ether oxygens (including phenoxy) is 1. The summed E-state index contributed by atoms with van der Waals surface area (Å²) in [6.45, 7) is 1.09. The van der Waals surface area contributed by atoms with Crippen molar-refractivity contribution in [2.24, 2.45) is 0 Å². The number of carbonyl (C=O) groups excluding carboxylic acids is 2. The first-order valence-electron chi connectivity index (χ1n) is 10.8. The van der Waals surface area contributed by atoms with Crippen LogP contribution in [0.2, 0.25) is 0 Å². The van der Waals surface area contributed by atoms with Crippen LogP contribution in [-0.2, 0) is 26.0 Å². The largest absolute Gasteiger partial charge is 0.482 e. The molecule has 1 saturated heterocycles. The number of sulfonamides is 1. The SMILES string of the molecule is O=C(CN1C(=O)COc2ccc(S(=O)(=O)N3CCCC3)cc21)NCCCc1ccccc1. The first kappa shape index (κ1) is 22.3. The molecule has 0 unspecified atom stereocenters. The number of nitrogens with zero attached hydrogens (tertiary/aromatic N) is 2. The molecule has 0 aliphatic carbocycles. The van der Waals surface area contributed by atoms with Crippen LogP contribution in [0, 0.1) is 0 Å². The average molecular weight is 458 g/mol. The molecular weight excluding hydrogens is 430 g/mol. The summed E-state index contributed by atoms with van der Waals surface area (Å²) in [5.41, 5.74) is 1.51. The zero-order chi connectivity index (χ0) is 22.6. The first-order valence-corrected chi connectivity index (χ1v) is 12.3. The Balaban J connectivity index is 1.42. The summed E-state index contributed by atoms with van der Waals surface area (Å²) < 4.78 is 32.8. The Morgan fingerprint density at radius 1 is 1.06 bits per heavy atom. The molecule has 2 heterocycles. The molecule has 2 aromatic rings. The number of rotatable bonds is 8. The smallest absolute Gasteiger partial charge is 0.265 e. The predicted molar refractivity (Wildman–Crippen MR) is 120 cm³/mol. The third-order valence-corrected chi connectivity index (χ3v) is 7.58. The molecule has 0 spiro atoms. The summed E-state index contributed by atoms with van der Waals surface area (Å²) in [5.74, 6) is -0.290. The number of anilines is 1. The van der Waals surface area contributed by atoms with E-state index in [0.29, 0.717) is 31.1 Å². The van der Waals surface area contributed by atoms with Crippen LogP contribution in [0.5, 0.6) is 5.75 Å². The molecule has 1 fully saturated rings. The Bertz CT molecular complexity index is 1080. The average Bonchev–Trinajstić information content (AvgIpc) is 3.35. The second-order valence-corrected chi connectivity index (χ2v) is 9.89. The Hall–Kier alpha value is -2.91. The summed E-state index contributed by atoms with van der Waals surface area (Å²) >= 11 is 0. The highest BCUT2D eigenvalue weighted by Crippen LogP contribution is 2.35. The second-order valence-electron chi connectivity index (χ2n) is 7.95. The highest BCUT2D eigenvalue weighted by molar-refractivity contribution is 7.89. The third kappa shape index (κ3) is 4.94. The molecule has 2 aliphatic heterocycles. The molecule has 0 saturated carbocycles. The van der Waals surface area contributed by atoms with E-state index >= 15 is 0 Å². The molecule has 4 rings (SSSR count). The van der Waals surface area contributed by atoms with E-state index in [4.69, 9.17) is 4.74 Å². The van der Waals surface area contributed by atoms with Gasteiger partial charge in [-0.05, 0) is 49.4 Å². The summed E-state index contributed by atoms with van der Waals surface area (Å²) in [4.78, 5) is 26.4. The summed E-state index contributed by atoms with van der Waals surface area (Å²) in [5, 5.41) is 2.84. The van der Waals surface area contributed by atoms with E-state index in [9.17, 15) is 18.0 Å². The molecule has 2 amide bonds. The molecule has 0 atom stereocenters. The Kier molecular flexibility index (Phi) is 6.76. The normalized spacial score (nSPS) is 16.5. The van der Waals surface area contributed by atoms with Crippen molar-refractivity contribution in [1.29, 1.82) is 0 Å². The number of hydrogen-bond acceptors (Lipinski definition) is 5. The third-order valence-electron chi connectivity index (χ3n) is 5.69. The highest BCUT2D eigenvalue weighted by atomic mass is 32.2. The lowest BCUT2D eigenvalue weighted by Gasteiger charge is -2.29. The van der Waals surface area contributed by atoms with E-state index in [1.807, 2.05) is 30.3 Å². The zero-order valence-corrected chi connectivity index (χ0v) is 18.6. The number of aryl methyl sites for hydroxylation is 1. The molecule has 0 bridgehead atoms. The minimum absolute atomic E-state index is 0.102. The summed E-state index contributed by atoms with van der Waals surface area (Å²) in [6, 6.07) is 14.5. The van der Waals surface area contributed by atoms with E-state index in [-0.39, 0.29) is 29.9 Å². The number of amides is 2. The number of nitrogens with one attached hydrogen (secondary N) is 1. The lowest BCUT2D eigenvalue weighted by molar-refractivity contribution is -0.125. The fourth-order valence-corrected chi connectivity index (χ4v) is 5.50. The standard InChI is InChI=1S/C23H27N3O5S/c27-22(24-12-6-9-18-7-2-1-3-8-18)16-26-20-15-19(10-11-21(20)31-17-23(26)28)32(29,30)25-13-4-5-14-25/h1-3,7-8,10-11,15H,4-6,9,12-14,16-17H2,(H,24,27). The minimum Gasteiger partial charge on any atom is -0.482 e. The molecule has 32 heavy (non-hydrogen) atoms. The molecule has 2 aromatic carbocycles. The predicted octanol–water partition coefficient (Wildman–Crippen LogP) is 1.95. The van der Waals surface area contributed by atoms with Crippen molar-refractivity contribution in [2.45, 2.75) is 30.6 Å². The van der Waals surface area contributed by atoms with Gasteiger partial charge in [0.1, 0.15) is 12.3 Å². The first-order chi connectivity index (χ1) is 15.4. The van der Waals surface area contributed by atoms with Crippen molar-refractivity contribution in [2.75, 3.05) is 37.7 Å². The summed E-state index contributed by atoms with van der Waals surface area (Å²) in [7, 11) is -3.65. The molecular formula is C23H27N3O5S. The van der Waals surface area contributed by atoms with Crippen molar-refractivity contribution < 1.29 is 22.7 Å². The maximum absolute atomic E-state index is 12.9. The molecule has 0 radical (unpaired) electrons. The lowest BCUT2D eigenvalue weighted by atomic mass is 10.1. The van der Waals surface area contributed by atoms with Crippen LogP contribution in [0.15, 0.2) is 53.4 Å². The van der Waals surface area contributed by atoms with Crippen LogP contribution in [0.25, 0.3) is 0 Å². The Labute approximate surface area is 188 Å². The second kappa shape index (κ2) is 9.70. The van der Waals surface area contributed by atoms with Crippen molar-refractivity contribution in [3.05, 3.63) is 54.1 Å². The number of fused-ring (bicyclic) bond motifs is 1. The topological polar surface area (TPSA) is 96.0 Å². The van der Waals surface area contributed by atoms with Gasteiger partial charge in [-0.3, -0.25) is 14.5 Å². The molecule has 2 aliphatic rings. The van der Waals surface area contributed by atoms with Crippen LogP contribution in [0.4, 0.5) is 5.69 Å². The van der Waals surface area contributed by atoms with E-state index in [0.717, 1.165) is 25.7 Å². The summed E-state index contributed by atoms with van der Waals surface area (Å²) in [6.07, 6.45) is 3.30. The number of carbonyl (C=O) groups is 2. The van der Waals surface area contributed by atoms with Gasteiger partial charge in [0.25, 0.3) is 5.91 Å². The fraction of sp³-hybridized carbons (Fsp3) is 0.391. The van der Waals surface area contributed by atoms with Gasteiger partial charge in [-0.2, -0.15) is 4.31 Å². The van der Waals surface area contributed by atoms with Gasteiger partial charge in [0.05, 0.1) is 10.6 Å². The van der Waals surface area contributed by atoms with E-state index in [1.54, 1.807) is 6.07 Å². The number of hydrogen-bond donors (Lipinski definition) is 1. The van der Waals surface area contributed by atoms with Crippen LogP contribution >= 0.6 is 0 Å². The van der Waals surface area contributed by atoms with Crippen molar-refractivity contribution >= 4 is 27.5 Å². The highest BCUT2D eigenvalue weighted by Gasteiger charge is 2.32. The maximum atomic E-state index is 12.9. The van der Waals surface area contributed by atoms with Crippen molar-refractivity contribution in [1.82, 2.24) is 9.62 Å². The fourth-order valence-electron chi connectivity index (χ4n) is 3.96. The van der Waals surface area contributed by atoms with Gasteiger partial charge in [-0.15, -0.1) is 0 Å².